The summed E-state index contributed by atoms with van der Waals surface area (Å²) < 4.78 is 0. The van der Waals surface area contributed by atoms with Crippen LogP contribution in [0.1, 0.15) is 33.1 Å². The van der Waals surface area contributed by atoms with Crippen molar-refractivity contribution < 1.29 is 14.9 Å². The maximum atomic E-state index is 13.5. The molecule has 0 saturated carbocycles. The molecule has 0 aliphatic rings. The van der Waals surface area contributed by atoms with Crippen molar-refractivity contribution in [3.63, 3.8) is 0 Å². The summed E-state index contributed by atoms with van der Waals surface area (Å²) in [5.41, 5.74) is 5.30. The number of benzene rings is 3. The highest BCUT2D eigenvalue weighted by molar-refractivity contribution is 6.10. The summed E-state index contributed by atoms with van der Waals surface area (Å²) in [6.45, 7) is 4.08. The van der Waals surface area contributed by atoms with Crippen molar-refractivity contribution in [2.24, 2.45) is 0 Å². The molecule has 0 bridgehead atoms. The van der Waals surface area contributed by atoms with Gasteiger partial charge >= 0.3 is 0 Å². The molecule has 31 heavy (non-hydrogen) atoms. The van der Waals surface area contributed by atoms with Crippen molar-refractivity contribution in [3.8, 4) is 0 Å². The summed E-state index contributed by atoms with van der Waals surface area (Å²) in [6.07, 6.45) is 1.76. The Labute approximate surface area is 181 Å². The van der Waals surface area contributed by atoms with Gasteiger partial charge in [0.1, 0.15) is 0 Å². The van der Waals surface area contributed by atoms with E-state index in [0.717, 1.165) is 33.3 Å². The minimum atomic E-state index is -0.510. The SMILES string of the molecule is Cc1cccc(C)c1NC(=O)C[NH2+][C@@H](C(=O)c1c[nH]c2ccccc12)c1ccccc1. The summed E-state index contributed by atoms with van der Waals surface area (Å²) in [6, 6.07) is 22.8. The molecule has 5 heteroatoms. The van der Waals surface area contributed by atoms with Crippen LogP contribution in [0.2, 0.25) is 0 Å². The molecule has 0 unspecified atom stereocenters. The van der Waals surface area contributed by atoms with E-state index in [-0.39, 0.29) is 18.2 Å². The zero-order valence-electron chi connectivity index (χ0n) is 17.7. The lowest BCUT2D eigenvalue weighted by molar-refractivity contribution is -0.670. The van der Waals surface area contributed by atoms with Gasteiger partial charge in [-0.25, -0.2) is 0 Å². The molecule has 1 atom stereocenters. The van der Waals surface area contributed by atoms with Crippen LogP contribution in [0.4, 0.5) is 5.69 Å². The Morgan fingerprint density at radius 1 is 0.903 bits per heavy atom. The van der Waals surface area contributed by atoms with Gasteiger partial charge < -0.3 is 15.6 Å². The molecule has 4 aromatic rings. The third-order valence-electron chi connectivity index (χ3n) is 5.58. The van der Waals surface area contributed by atoms with Crippen LogP contribution in [0.25, 0.3) is 10.9 Å². The van der Waals surface area contributed by atoms with Crippen LogP contribution < -0.4 is 10.6 Å². The van der Waals surface area contributed by atoms with E-state index in [4.69, 9.17) is 0 Å². The third kappa shape index (κ3) is 4.42. The fourth-order valence-electron chi connectivity index (χ4n) is 3.92. The lowest BCUT2D eigenvalue weighted by Gasteiger charge is -2.16. The number of carbonyl (C=O) groups is 2. The summed E-state index contributed by atoms with van der Waals surface area (Å²) in [4.78, 5) is 29.4. The Morgan fingerprint density at radius 3 is 2.32 bits per heavy atom. The highest BCUT2D eigenvalue weighted by Gasteiger charge is 2.28. The summed E-state index contributed by atoms with van der Waals surface area (Å²) in [7, 11) is 0. The number of aromatic nitrogens is 1. The van der Waals surface area contributed by atoms with Crippen molar-refractivity contribution in [2.75, 3.05) is 11.9 Å². The smallest absolute Gasteiger partial charge is 0.279 e. The number of rotatable bonds is 7. The number of amides is 1. The van der Waals surface area contributed by atoms with Crippen molar-refractivity contribution in [2.45, 2.75) is 19.9 Å². The van der Waals surface area contributed by atoms with E-state index in [0.29, 0.717) is 5.56 Å². The number of aryl methyl sites for hydroxylation is 2. The molecule has 0 radical (unpaired) electrons. The predicted octanol–water partition coefficient (Wildman–Crippen LogP) is 3.91. The Balaban J connectivity index is 1.56. The van der Waals surface area contributed by atoms with E-state index in [9.17, 15) is 9.59 Å². The second-order valence-electron chi connectivity index (χ2n) is 7.76. The molecule has 4 N–H and O–H groups in total. The molecule has 3 aromatic carbocycles. The largest absolute Gasteiger partial charge is 0.360 e. The number of quaternary nitrogens is 1. The highest BCUT2D eigenvalue weighted by Crippen LogP contribution is 2.23. The average Bonchev–Trinajstić information content (AvgIpc) is 3.21. The molecule has 4 rings (SSSR count). The topological polar surface area (TPSA) is 78.6 Å². The van der Waals surface area contributed by atoms with Gasteiger partial charge in [-0.05, 0) is 31.0 Å². The van der Waals surface area contributed by atoms with E-state index >= 15 is 0 Å². The number of carbonyl (C=O) groups excluding carboxylic acids is 2. The van der Waals surface area contributed by atoms with Crippen LogP contribution in [-0.4, -0.2) is 23.2 Å². The fraction of sp³-hybridized carbons (Fsp3) is 0.154. The van der Waals surface area contributed by atoms with Gasteiger partial charge in [-0.1, -0.05) is 66.7 Å². The molecule has 0 saturated heterocycles. The van der Waals surface area contributed by atoms with Crippen LogP contribution in [0, 0.1) is 13.8 Å². The maximum absolute atomic E-state index is 13.5. The van der Waals surface area contributed by atoms with Gasteiger partial charge in [-0.15, -0.1) is 0 Å². The van der Waals surface area contributed by atoms with Gasteiger partial charge in [0, 0.05) is 33.9 Å². The summed E-state index contributed by atoms with van der Waals surface area (Å²) in [5, 5.41) is 5.70. The standard InChI is InChI=1S/C26H25N3O2/c1-17-9-8-10-18(2)24(17)29-23(30)16-28-25(19-11-4-3-5-12-19)26(31)21-15-27-22-14-7-6-13-20(21)22/h3-15,25,27-28H,16H2,1-2H3,(H,29,30)/p+1/t25-/m1/s1. The molecule has 5 nitrogen and oxygen atoms in total. The lowest BCUT2D eigenvalue weighted by Crippen LogP contribution is -2.88. The van der Waals surface area contributed by atoms with Crippen molar-refractivity contribution in [1.29, 1.82) is 0 Å². The van der Waals surface area contributed by atoms with E-state index in [1.54, 1.807) is 6.20 Å². The predicted molar refractivity (Wildman–Crippen MR) is 123 cm³/mol. The van der Waals surface area contributed by atoms with E-state index in [2.05, 4.69) is 10.3 Å². The number of H-pyrrole nitrogens is 1. The minimum absolute atomic E-state index is 0.0245. The van der Waals surface area contributed by atoms with Gasteiger partial charge in [0.2, 0.25) is 5.78 Å². The molecule has 156 valence electrons. The zero-order valence-corrected chi connectivity index (χ0v) is 17.7. The van der Waals surface area contributed by atoms with Crippen molar-refractivity contribution in [1.82, 2.24) is 4.98 Å². The molecular weight excluding hydrogens is 386 g/mol. The molecule has 0 spiro atoms. The molecule has 1 aromatic heterocycles. The minimum Gasteiger partial charge on any atom is -0.360 e. The van der Waals surface area contributed by atoms with Gasteiger partial charge in [-0.2, -0.15) is 0 Å². The quantitative estimate of drug-likeness (QED) is 0.403. The van der Waals surface area contributed by atoms with Gasteiger partial charge in [0.25, 0.3) is 5.91 Å². The summed E-state index contributed by atoms with van der Waals surface area (Å²) >= 11 is 0. The molecule has 0 fully saturated rings. The van der Waals surface area contributed by atoms with E-state index < -0.39 is 6.04 Å². The number of para-hydroxylation sites is 2. The number of aromatic amines is 1. The molecule has 1 amide bonds. The second-order valence-corrected chi connectivity index (χ2v) is 7.76. The number of hydrogen-bond donors (Lipinski definition) is 3. The highest BCUT2D eigenvalue weighted by atomic mass is 16.2. The Morgan fingerprint density at radius 2 is 1.58 bits per heavy atom. The average molecular weight is 413 g/mol. The van der Waals surface area contributed by atoms with Crippen LogP contribution in [0.3, 0.4) is 0 Å². The van der Waals surface area contributed by atoms with Gasteiger partial charge in [0.05, 0.1) is 0 Å². The Kier molecular flexibility index (Phi) is 5.96. The van der Waals surface area contributed by atoms with Gasteiger partial charge in [-0.3, -0.25) is 9.59 Å². The number of anilines is 1. The molecule has 1 heterocycles. The third-order valence-corrected chi connectivity index (χ3v) is 5.58. The second kappa shape index (κ2) is 8.98. The number of nitrogens with one attached hydrogen (secondary N) is 2. The number of ketones is 1. The normalized spacial score (nSPS) is 11.9. The van der Waals surface area contributed by atoms with Crippen LogP contribution in [0.5, 0.6) is 0 Å². The first-order chi connectivity index (χ1) is 15.0. The number of nitrogens with two attached hydrogens (primary N) is 1. The van der Waals surface area contributed by atoms with E-state index in [1.165, 1.54) is 0 Å². The fourth-order valence-corrected chi connectivity index (χ4v) is 3.92. The number of hydrogen-bond acceptors (Lipinski definition) is 2. The van der Waals surface area contributed by atoms with E-state index in [1.807, 2.05) is 92.0 Å². The Bertz CT molecular complexity index is 1210. The Hall–Kier alpha value is -3.70. The first kappa shape index (κ1) is 20.6. The maximum Gasteiger partial charge on any atom is 0.279 e. The molecule has 0 aliphatic heterocycles. The first-order valence-corrected chi connectivity index (χ1v) is 10.4. The zero-order chi connectivity index (χ0) is 21.8. The van der Waals surface area contributed by atoms with Crippen molar-refractivity contribution >= 4 is 28.3 Å². The number of Topliss-reactive ketones (excluding diaryl/α,β-unsaturated/α-hetero) is 1. The van der Waals surface area contributed by atoms with Crippen LogP contribution >= 0.6 is 0 Å². The molecular formula is C26H26N3O2+. The van der Waals surface area contributed by atoms with Crippen LogP contribution in [-0.2, 0) is 4.79 Å². The van der Waals surface area contributed by atoms with Crippen molar-refractivity contribution in [3.05, 3.63) is 101 Å². The number of fused-ring (bicyclic) bond motifs is 1. The van der Waals surface area contributed by atoms with Gasteiger partial charge in [0.15, 0.2) is 12.6 Å². The van der Waals surface area contributed by atoms with Crippen LogP contribution in [0.15, 0.2) is 79.0 Å². The lowest BCUT2D eigenvalue weighted by atomic mass is 9.97. The first-order valence-electron chi connectivity index (χ1n) is 10.4. The monoisotopic (exact) mass is 412 g/mol. The summed E-state index contributed by atoms with van der Waals surface area (Å²) in [5.74, 6) is -0.159. The molecule has 0 aliphatic carbocycles.